The lowest BCUT2D eigenvalue weighted by molar-refractivity contribution is 0.0144. The number of rotatable bonds is 3. The Bertz CT molecular complexity index is 631. The Kier molecular flexibility index (Phi) is 4.76. The Balaban J connectivity index is 2.59. The predicted octanol–water partition coefficient (Wildman–Crippen LogP) is 4.52. The standard InChI is InChI=1S/C18H22N2O/c1-13(2)16-12-8-9-14(3)17(16)19-18(20(4)21)15-10-6-5-7-11-15/h5-13,21H,1-4H3. The molecule has 0 atom stereocenters. The van der Waals surface area contributed by atoms with Crippen LogP contribution in [-0.2, 0) is 0 Å². The second kappa shape index (κ2) is 6.55. The second-order valence-corrected chi connectivity index (χ2v) is 5.49. The van der Waals surface area contributed by atoms with Crippen molar-refractivity contribution in [1.29, 1.82) is 0 Å². The first-order valence-corrected chi connectivity index (χ1v) is 7.17. The lowest BCUT2D eigenvalue weighted by atomic mass is 9.98. The minimum absolute atomic E-state index is 0.379. The largest absolute Gasteiger partial charge is 0.287 e. The molecule has 21 heavy (non-hydrogen) atoms. The van der Waals surface area contributed by atoms with E-state index in [0.717, 1.165) is 21.9 Å². The maximum absolute atomic E-state index is 9.95. The molecule has 2 rings (SSSR count). The molecule has 0 radical (unpaired) electrons. The summed E-state index contributed by atoms with van der Waals surface area (Å²) in [7, 11) is 1.60. The van der Waals surface area contributed by atoms with E-state index in [1.54, 1.807) is 7.05 Å². The second-order valence-electron chi connectivity index (χ2n) is 5.49. The number of nitrogens with zero attached hydrogens (tertiary/aromatic N) is 2. The first-order chi connectivity index (χ1) is 10.0. The molecule has 3 heteroatoms. The summed E-state index contributed by atoms with van der Waals surface area (Å²) in [4.78, 5) is 4.74. The maximum Gasteiger partial charge on any atom is 0.159 e. The fourth-order valence-corrected chi connectivity index (χ4v) is 2.32. The fourth-order valence-electron chi connectivity index (χ4n) is 2.32. The number of hydrogen-bond donors (Lipinski definition) is 1. The van der Waals surface area contributed by atoms with E-state index in [9.17, 15) is 5.21 Å². The number of para-hydroxylation sites is 1. The summed E-state index contributed by atoms with van der Waals surface area (Å²) in [6.45, 7) is 6.35. The van der Waals surface area contributed by atoms with E-state index in [-0.39, 0.29) is 0 Å². The molecule has 2 aromatic carbocycles. The van der Waals surface area contributed by atoms with Gasteiger partial charge in [-0.2, -0.15) is 0 Å². The lowest BCUT2D eigenvalue weighted by Crippen LogP contribution is -2.23. The summed E-state index contributed by atoms with van der Waals surface area (Å²) in [5.41, 5.74) is 4.12. The van der Waals surface area contributed by atoms with Crippen LogP contribution in [0.15, 0.2) is 53.5 Å². The Morgan fingerprint density at radius 3 is 2.29 bits per heavy atom. The smallest absolute Gasteiger partial charge is 0.159 e. The van der Waals surface area contributed by atoms with Crippen molar-refractivity contribution in [3.8, 4) is 0 Å². The van der Waals surface area contributed by atoms with Gasteiger partial charge < -0.3 is 0 Å². The van der Waals surface area contributed by atoms with Gasteiger partial charge >= 0.3 is 0 Å². The molecule has 0 aliphatic carbocycles. The van der Waals surface area contributed by atoms with Crippen LogP contribution in [0.5, 0.6) is 0 Å². The number of hydrogen-bond acceptors (Lipinski definition) is 2. The zero-order chi connectivity index (χ0) is 15.4. The molecule has 0 fully saturated rings. The van der Waals surface area contributed by atoms with Crippen LogP contribution in [0.3, 0.4) is 0 Å². The van der Waals surface area contributed by atoms with Gasteiger partial charge in [0, 0.05) is 12.6 Å². The third-order valence-electron chi connectivity index (χ3n) is 3.45. The zero-order valence-corrected chi connectivity index (χ0v) is 13.0. The average Bonchev–Trinajstić information content (AvgIpc) is 2.46. The van der Waals surface area contributed by atoms with E-state index in [4.69, 9.17) is 4.99 Å². The van der Waals surface area contributed by atoms with Crippen molar-refractivity contribution < 1.29 is 5.21 Å². The van der Waals surface area contributed by atoms with E-state index in [2.05, 4.69) is 26.0 Å². The van der Waals surface area contributed by atoms with Gasteiger partial charge in [-0.1, -0.05) is 62.4 Å². The highest BCUT2D eigenvalue weighted by Gasteiger charge is 2.12. The van der Waals surface area contributed by atoms with Crippen molar-refractivity contribution in [1.82, 2.24) is 5.06 Å². The van der Waals surface area contributed by atoms with Gasteiger partial charge in [0.1, 0.15) is 0 Å². The van der Waals surface area contributed by atoms with Crippen molar-refractivity contribution in [2.45, 2.75) is 26.7 Å². The van der Waals surface area contributed by atoms with E-state index in [1.165, 1.54) is 5.56 Å². The molecule has 0 aliphatic heterocycles. The molecule has 3 nitrogen and oxygen atoms in total. The van der Waals surface area contributed by atoms with Crippen LogP contribution >= 0.6 is 0 Å². The highest BCUT2D eigenvalue weighted by Crippen LogP contribution is 2.30. The van der Waals surface area contributed by atoms with Gasteiger partial charge in [0.25, 0.3) is 0 Å². The van der Waals surface area contributed by atoms with E-state index >= 15 is 0 Å². The predicted molar refractivity (Wildman–Crippen MR) is 87.5 cm³/mol. The van der Waals surface area contributed by atoms with Gasteiger partial charge in [0.2, 0.25) is 0 Å². The number of benzene rings is 2. The van der Waals surface area contributed by atoms with Crippen molar-refractivity contribution >= 4 is 11.5 Å². The van der Waals surface area contributed by atoms with Crippen LogP contribution in [0.4, 0.5) is 5.69 Å². The molecule has 0 amide bonds. The highest BCUT2D eigenvalue weighted by atomic mass is 16.5. The molecular weight excluding hydrogens is 260 g/mol. The molecule has 0 spiro atoms. The van der Waals surface area contributed by atoms with Crippen LogP contribution in [-0.4, -0.2) is 23.2 Å². The topological polar surface area (TPSA) is 35.8 Å². The number of aliphatic imine (C=N–C) groups is 1. The molecule has 0 aliphatic rings. The zero-order valence-electron chi connectivity index (χ0n) is 13.0. The Hall–Kier alpha value is -2.13. The summed E-state index contributed by atoms with van der Waals surface area (Å²) < 4.78 is 0. The molecule has 0 unspecified atom stereocenters. The average molecular weight is 282 g/mol. The molecular formula is C18H22N2O. The quantitative estimate of drug-likeness (QED) is 0.510. The third-order valence-corrected chi connectivity index (χ3v) is 3.45. The van der Waals surface area contributed by atoms with Crippen molar-refractivity contribution in [2.75, 3.05) is 7.05 Å². The van der Waals surface area contributed by atoms with Gasteiger partial charge in [-0.05, 0) is 24.0 Å². The minimum Gasteiger partial charge on any atom is -0.287 e. The molecule has 0 saturated carbocycles. The van der Waals surface area contributed by atoms with Crippen molar-refractivity contribution in [3.05, 3.63) is 65.2 Å². The summed E-state index contributed by atoms with van der Waals surface area (Å²) in [5.74, 6) is 0.927. The summed E-state index contributed by atoms with van der Waals surface area (Å²) in [5, 5.41) is 11.0. The lowest BCUT2D eigenvalue weighted by Gasteiger charge is -2.17. The van der Waals surface area contributed by atoms with Gasteiger partial charge in [-0.25, -0.2) is 10.1 Å². The Morgan fingerprint density at radius 1 is 1.05 bits per heavy atom. The maximum atomic E-state index is 9.95. The van der Waals surface area contributed by atoms with Crippen LogP contribution in [0.2, 0.25) is 0 Å². The van der Waals surface area contributed by atoms with Crippen LogP contribution in [0.1, 0.15) is 36.5 Å². The monoisotopic (exact) mass is 282 g/mol. The van der Waals surface area contributed by atoms with Gasteiger partial charge in [-0.3, -0.25) is 5.21 Å². The molecule has 2 aromatic rings. The normalized spacial score (nSPS) is 11.8. The fraction of sp³-hybridized carbons (Fsp3) is 0.278. The van der Waals surface area contributed by atoms with Crippen molar-refractivity contribution in [3.63, 3.8) is 0 Å². The van der Waals surface area contributed by atoms with Crippen LogP contribution in [0, 0.1) is 6.92 Å². The Morgan fingerprint density at radius 2 is 1.71 bits per heavy atom. The molecule has 1 N–H and O–H groups in total. The number of amidine groups is 1. The third kappa shape index (κ3) is 3.50. The first-order valence-electron chi connectivity index (χ1n) is 7.17. The molecule has 110 valence electrons. The van der Waals surface area contributed by atoms with E-state index in [1.807, 2.05) is 43.3 Å². The van der Waals surface area contributed by atoms with Crippen molar-refractivity contribution in [2.24, 2.45) is 4.99 Å². The molecule has 0 bridgehead atoms. The first kappa shape index (κ1) is 15.3. The van der Waals surface area contributed by atoms with Gasteiger partial charge in [-0.15, -0.1) is 0 Å². The summed E-state index contributed by atoms with van der Waals surface area (Å²) in [6, 6.07) is 15.9. The van der Waals surface area contributed by atoms with Gasteiger partial charge in [0.05, 0.1) is 5.69 Å². The SMILES string of the molecule is Cc1cccc(C(C)C)c1N=C(c1ccccc1)N(C)O. The summed E-state index contributed by atoms with van der Waals surface area (Å²) in [6.07, 6.45) is 0. The van der Waals surface area contributed by atoms with E-state index in [0.29, 0.717) is 11.8 Å². The van der Waals surface area contributed by atoms with Crippen LogP contribution in [0.25, 0.3) is 0 Å². The molecule has 0 saturated heterocycles. The number of hydroxylamine groups is 2. The minimum atomic E-state index is 0.379. The summed E-state index contributed by atoms with van der Waals surface area (Å²) >= 11 is 0. The highest BCUT2D eigenvalue weighted by molar-refractivity contribution is 5.99. The van der Waals surface area contributed by atoms with Gasteiger partial charge in [0.15, 0.2) is 5.84 Å². The van der Waals surface area contributed by atoms with Crippen LogP contribution < -0.4 is 0 Å². The number of aryl methyl sites for hydroxylation is 1. The Labute approximate surface area is 126 Å². The molecule has 0 heterocycles. The van der Waals surface area contributed by atoms with E-state index < -0.39 is 0 Å². The molecule has 0 aromatic heterocycles.